The molecule has 0 bridgehead atoms. The Morgan fingerprint density at radius 3 is 2.29 bits per heavy atom. The Kier molecular flexibility index (Phi) is 4.29. The molecule has 1 unspecified atom stereocenters. The van der Waals surface area contributed by atoms with Gasteiger partial charge >= 0.3 is 0 Å². The van der Waals surface area contributed by atoms with Crippen molar-refractivity contribution in [3.8, 4) is 0 Å². The van der Waals surface area contributed by atoms with E-state index in [1.165, 1.54) is 18.2 Å². The molecule has 0 fully saturated rings. The van der Waals surface area contributed by atoms with Gasteiger partial charge in [-0.15, -0.1) is 0 Å². The van der Waals surface area contributed by atoms with E-state index < -0.39 is 10.0 Å². The van der Waals surface area contributed by atoms with Crippen LogP contribution in [-0.4, -0.2) is 8.42 Å². The molecule has 2 aromatic rings. The number of hydrogen-bond acceptors (Lipinski definition) is 3. The lowest BCUT2D eigenvalue weighted by atomic mass is 10.1. The maximum Gasteiger partial charge on any atom is 0.238 e. The summed E-state index contributed by atoms with van der Waals surface area (Å²) in [5.74, 6) is -0.245. The highest BCUT2D eigenvalue weighted by atomic mass is 32.2. The predicted molar refractivity (Wildman–Crippen MR) is 81.0 cm³/mol. The summed E-state index contributed by atoms with van der Waals surface area (Å²) >= 11 is 0. The van der Waals surface area contributed by atoms with Crippen LogP contribution < -0.4 is 10.5 Å². The fourth-order valence-corrected chi connectivity index (χ4v) is 2.47. The number of rotatable bonds is 4. The molecule has 0 radical (unpaired) electrons. The van der Waals surface area contributed by atoms with Crippen molar-refractivity contribution in [3.05, 3.63) is 59.4 Å². The Labute approximate surface area is 123 Å². The van der Waals surface area contributed by atoms with E-state index in [0.29, 0.717) is 5.56 Å². The number of nitrogens with two attached hydrogens (primary N) is 1. The van der Waals surface area contributed by atoms with Gasteiger partial charge in [-0.05, 0) is 55.3 Å². The summed E-state index contributed by atoms with van der Waals surface area (Å²) in [7, 11) is -3.69. The third-order valence-electron chi connectivity index (χ3n) is 3.26. The molecule has 0 amide bonds. The first-order valence-corrected chi connectivity index (χ1v) is 7.97. The van der Waals surface area contributed by atoms with Crippen molar-refractivity contribution in [1.82, 2.24) is 0 Å². The van der Waals surface area contributed by atoms with Gasteiger partial charge in [0.25, 0.3) is 0 Å². The van der Waals surface area contributed by atoms with E-state index in [1.807, 2.05) is 13.0 Å². The van der Waals surface area contributed by atoms with Crippen LogP contribution in [0.15, 0.2) is 47.4 Å². The van der Waals surface area contributed by atoms with E-state index in [0.717, 1.165) is 11.3 Å². The van der Waals surface area contributed by atoms with Crippen molar-refractivity contribution in [1.29, 1.82) is 0 Å². The minimum Gasteiger partial charge on any atom is -0.379 e. The molecule has 0 aliphatic rings. The average Bonchev–Trinajstić information content (AvgIpc) is 2.41. The van der Waals surface area contributed by atoms with E-state index in [2.05, 4.69) is 5.32 Å². The monoisotopic (exact) mass is 308 g/mol. The molecule has 112 valence electrons. The minimum atomic E-state index is -3.69. The first-order valence-electron chi connectivity index (χ1n) is 6.43. The molecule has 0 saturated heterocycles. The number of nitrogens with one attached hydrogen (secondary N) is 1. The summed E-state index contributed by atoms with van der Waals surface area (Å²) in [5.41, 5.74) is 2.15. The minimum absolute atomic E-state index is 0.0575. The average molecular weight is 308 g/mol. The smallest absolute Gasteiger partial charge is 0.238 e. The number of primary sulfonamides is 1. The van der Waals surface area contributed by atoms with E-state index >= 15 is 0 Å². The summed E-state index contributed by atoms with van der Waals surface area (Å²) in [4.78, 5) is 0.0575. The lowest BCUT2D eigenvalue weighted by Crippen LogP contribution is -2.12. The third-order valence-corrected chi connectivity index (χ3v) is 4.19. The Morgan fingerprint density at radius 1 is 1.14 bits per heavy atom. The molecule has 0 spiro atoms. The van der Waals surface area contributed by atoms with E-state index in [9.17, 15) is 12.8 Å². The van der Waals surface area contributed by atoms with Crippen LogP contribution in [0.25, 0.3) is 0 Å². The number of halogens is 1. The van der Waals surface area contributed by atoms with Crippen molar-refractivity contribution in [2.75, 3.05) is 5.32 Å². The van der Waals surface area contributed by atoms with Gasteiger partial charge in [-0.25, -0.2) is 17.9 Å². The quantitative estimate of drug-likeness (QED) is 0.912. The molecular weight excluding hydrogens is 291 g/mol. The van der Waals surface area contributed by atoms with Crippen molar-refractivity contribution in [3.63, 3.8) is 0 Å². The van der Waals surface area contributed by atoms with Gasteiger partial charge in [0.05, 0.1) is 4.90 Å². The van der Waals surface area contributed by atoms with Gasteiger partial charge in [0, 0.05) is 11.7 Å². The van der Waals surface area contributed by atoms with Crippen LogP contribution in [0.2, 0.25) is 0 Å². The number of benzene rings is 2. The normalized spacial score (nSPS) is 13.0. The van der Waals surface area contributed by atoms with Gasteiger partial charge in [-0.1, -0.05) is 12.1 Å². The van der Waals surface area contributed by atoms with Gasteiger partial charge in [0.1, 0.15) is 5.82 Å². The molecule has 1 atom stereocenters. The van der Waals surface area contributed by atoms with Gasteiger partial charge < -0.3 is 5.32 Å². The molecule has 0 aromatic heterocycles. The predicted octanol–water partition coefficient (Wildman–Crippen LogP) is 2.95. The third kappa shape index (κ3) is 3.80. The van der Waals surface area contributed by atoms with Gasteiger partial charge in [0.15, 0.2) is 0 Å². The first kappa shape index (κ1) is 15.5. The van der Waals surface area contributed by atoms with Gasteiger partial charge in [0.2, 0.25) is 10.0 Å². The van der Waals surface area contributed by atoms with E-state index in [1.54, 1.807) is 25.1 Å². The summed E-state index contributed by atoms with van der Waals surface area (Å²) in [5, 5.41) is 8.22. The molecule has 0 aliphatic carbocycles. The highest BCUT2D eigenvalue weighted by molar-refractivity contribution is 7.89. The van der Waals surface area contributed by atoms with Crippen LogP contribution in [0, 0.1) is 12.7 Å². The summed E-state index contributed by atoms with van der Waals surface area (Å²) in [6, 6.07) is 11.1. The molecule has 0 aliphatic heterocycles. The van der Waals surface area contributed by atoms with Crippen LogP contribution in [0.1, 0.15) is 24.1 Å². The SMILES string of the molecule is Cc1ccc(C(C)Nc2ccc(S(N)(=O)=O)cc2)cc1F. The molecule has 3 N–H and O–H groups in total. The van der Waals surface area contributed by atoms with Crippen LogP contribution in [0.5, 0.6) is 0 Å². The number of sulfonamides is 1. The Morgan fingerprint density at radius 2 is 1.76 bits per heavy atom. The topological polar surface area (TPSA) is 72.2 Å². The van der Waals surface area contributed by atoms with E-state index in [-0.39, 0.29) is 16.8 Å². The Balaban J connectivity index is 2.15. The number of aryl methyl sites for hydroxylation is 1. The molecule has 0 heterocycles. The summed E-state index contributed by atoms with van der Waals surface area (Å²) < 4.78 is 35.9. The van der Waals surface area contributed by atoms with Crippen LogP contribution >= 0.6 is 0 Å². The van der Waals surface area contributed by atoms with Crippen LogP contribution in [0.4, 0.5) is 10.1 Å². The fourth-order valence-electron chi connectivity index (χ4n) is 1.95. The molecule has 2 aromatic carbocycles. The lowest BCUT2D eigenvalue weighted by molar-refractivity contribution is 0.598. The fraction of sp³-hybridized carbons (Fsp3) is 0.200. The zero-order valence-corrected chi connectivity index (χ0v) is 12.6. The zero-order chi connectivity index (χ0) is 15.6. The maximum absolute atomic E-state index is 13.6. The standard InChI is InChI=1S/C15H17FN2O2S/c1-10-3-4-12(9-15(10)16)11(2)18-13-5-7-14(8-6-13)21(17,19)20/h3-9,11,18H,1-2H3,(H2,17,19,20). The summed E-state index contributed by atoms with van der Waals surface area (Å²) in [6.07, 6.45) is 0. The van der Waals surface area contributed by atoms with Crippen molar-refractivity contribution >= 4 is 15.7 Å². The highest BCUT2D eigenvalue weighted by Crippen LogP contribution is 2.22. The van der Waals surface area contributed by atoms with Crippen LogP contribution in [-0.2, 0) is 10.0 Å². The molecule has 21 heavy (non-hydrogen) atoms. The number of hydrogen-bond donors (Lipinski definition) is 2. The van der Waals surface area contributed by atoms with Crippen molar-refractivity contribution < 1.29 is 12.8 Å². The zero-order valence-electron chi connectivity index (χ0n) is 11.8. The van der Waals surface area contributed by atoms with Crippen molar-refractivity contribution in [2.45, 2.75) is 24.8 Å². The Bertz CT molecular complexity index is 743. The maximum atomic E-state index is 13.6. The molecular formula is C15H17FN2O2S. The highest BCUT2D eigenvalue weighted by Gasteiger charge is 2.10. The van der Waals surface area contributed by atoms with E-state index in [4.69, 9.17) is 5.14 Å². The molecule has 0 saturated carbocycles. The second-order valence-corrected chi connectivity index (χ2v) is 6.51. The second-order valence-electron chi connectivity index (χ2n) is 4.94. The largest absolute Gasteiger partial charge is 0.379 e. The van der Waals surface area contributed by atoms with Gasteiger partial charge in [-0.3, -0.25) is 0 Å². The lowest BCUT2D eigenvalue weighted by Gasteiger charge is -2.16. The Hall–Kier alpha value is -1.92. The first-order chi connectivity index (χ1) is 9.77. The molecule has 6 heteroatoms. The molecule has 2 rings (SSSR count). The van der Waals surface area contributed by atoms with Crippen molar-refractivity contribution in [2.24, 2.45) is 5.14 Å². The number of anilines is 1. The van der Waals surface area contributed by atoms with Gasteiger partial charge in [-0.2, -0.15) is 0 Å². The second kappa shape index (κ2) is 5.83. The summed E-state index contributed by atoms with van der Waals surface area (Å²) in [6.45, 7) is 3.61. The van der Waals surface area contributed by atoms with Crippen LogP contribution in [0.3, 0.4) is 0 Å². The molecule has 4 nitrogen and oxygen atoms in total.